The third-order valence-corrected chi connectivity index (χ3v) is 5.80. The number of ether oxygens (including phenoxy) is 3. The number of carbonyl (C=O) groups excluding carboxylic acids is 1. The molecule has 3 aromatic rings. The Balaban J connectivity index is 1.79. The number of rotatable bonds is 7. The van der Waals surface area contributed by atoms with Gasteiger partial charge in [-0.15, -0.1) is 11.3 Å². The Hall–Kier alpha value is -3.06. The number of aryl methyl sites for hydroxylation is 2. The van der Waals surface area contributed by atoms with E-state index in [-0.39, 0.29) is 5.91 Å². The third kappa shape index (κ3) is 4.35. The van der Waals surface area contributed by atoms with Crippen molar-refractivity contribution in [2.45, 2.75) is 20.4 Å². The molecular weight excluding hydrogens is 388 g/mol. The lowest BCUT2D eigenvalue weighted by Crippen LogP contribution is -2.22. The van der Waals surface area contributed by atoms with Crippen LogP contribution in [0.2, 0.25) is 0 Å². The Morgan fingerprint density at radius 1 is 1.03 bits per heavy atom. The van der Waals surface area contributed by atoms with Gasteiger partial charge in [0.15, 0.2) is 11.5 Å². The Morgan fingerprint density at radius 3 is 2.28 bits per heavy atom. The molecule has 0 radical (unpaired) electrons. The SMILES string of the molecule is COc1cc(C(=O)NCc2sc(-c3ccccc3C)nc2C)cc(OC)c1OC. The van der Waals surface area contributed by atoms with E-state index in [0.29, 0.717) is 29.4 Å². The maximum atomic E-state index is 12.7. The van der Waals surface area contributed by atoms with E-state index >= 15 is 0 Å². The summed E-state index contributed by atoms with van der Waals surface area (Å²) >= 11 is 1.59. The Morgan fingerprint density at radius 2 is 1.69 bits per heavy atom. The largest absolute Gasteiger partial charge is 0.493 e. The first-order valence-electron chi connectivity index (χ1n) is 9.09. The van der Waals surface area contributed by atoms with Gasteiger partial charge in [-0.3, -0.25) is 4.79 Å². The maximum absolute atomic E-state index is 12.7. The molecule has 1 aromatic heterocycles. The molecule has 1 heterocycles. The van der Waals surface area contributed by atoms with Gasteiger partial charge >= 0.3 is 0 Å². The average Bonchev–Trinajstić information content (AvgIpc) is 3.11. The Bertz CT molecular complexity index is 1000. The van der Waals surface area contributed by atoms with E-state index in [9.17, 15) is 4.79 Å². The van der Waals surface area contributed by atoms with Gasteiger partial charge in [0.1, 0.15) is 5.01 Å². The summed E-state index contributed by atoms with van der Waals surface area (Å²) in [7, 11) is 4.57. The van der Waals surface area contributed by atoms with Crippen molar-refractivity contribution in [2.75, 3.05) is 21.3 Å². The minimum Gasteiger partial charge on any atom is -0.493 e. The van der Waals surface area contributed by atoms with Crippen molar-refractivity contribution in [3.05, 3.63) is 58.1 Å². The predicted molar refractivity (Wildman–Crippen MR) is 114 cm³/mol. The fraction of sp³-hybridized carbons (Fsp3) is 0.273. The number of amides is 1. The van der Waals surface area contributed by atoms with Gasteiger partial charge in [0.2, 0.25) is 5.75 Å². The van der Waals surface area contributed by atoms with Crippen LogP contribution in [0.5, 0.6) is 17.2 Å². The molecular formula is C22H24N2O4S. The van der Waals surface area contributed by atoms with Crippen LogP contribution >= 0.6 is 11.3 Å². The molecule has 6 nitrogen and oxygen atoms in total. The molecule has 0 saturated carbocycles. The van der Waals surface area contributed by atoms with Crippen molar-refractivity contribution in [1.29, 1.82) is 0 Å². The first-order valence-corrected chi connectivity index (χ1v) is 9.90. The number of nitrogens with zero attached hydrogens (tertiary/aromatic N) is 1. The normalized spacial score (nSPS) is 10.5. The molecule has 0 fully saturated rings. The van der Waals surface area contributed by atoms with Gasteiger partial charge in [-0.05, 0) is 31.5 Å². The number of benzene rings is 2. The molecule has 0 saturated heterocycles. The second-order valence-corrected chi connectivity index (χ2v) is 7.52. The molecule has 0 spiro atoms. The van der Waals surface area contributed by atoms with Crippen LogP contribution in [0.1, 0.15) is 26.5 Å². The molecule has 1 amide bonds. The first-order chi connectivity index (χ1) is 14.0. The second-order valence-electron chi connectivity index (χ2n) is 6.44. The lowest BCUT2D eigenvalue weighted by atomic mass is 10.1. The molecule has 0 atom stereocenters. The van der Waals surface area contributed by atoms with Gasteiger partial charge in [-0.1, -0.05) is 24.3 Å². The summed E-state index contributed by atoms with van der Waals surface area (Å²) in [4.78, 5) is 18.4. The molecule has 0 aliphatic rings. The molecule has 7 heteroatoms. The van der Waals surface area contributed by atoms with Crippen LogP contribution in [0.15, 0.2) is 36.4 Å². The zero-order valence-corrected chi connectivity index (χ0v) is 18.0. The van der Waals surface area contributed by atoms with E-state index < -0.39 is 0 Å². The number of nitrogens with one attached hydrogen (secondary N) is 1. The predicted octanol–water partition coefficient (Wildman–Crippen LogP) is 4.38. The van der Waals surface area contributed by atoms with Crippen molar-refractivity contribution in [3.63, 3.8) is 0 Å². The van der Waals surface area contributed by atoms with Gasteiger partial charge in [0, 0.05) is 16.0 Å². The molecule has 152 valence electrons. The van der Waals surface area contributed by atoms with Gasteiger partial charge < -0.3 is 19.5 Å². The van der Waals surface area contributed by atoms with E-state index in [2.05, 4.69) is 29.4 Å². The van der Waals surface area contributed by atoms with Gasteiger partial charge in [-0.2, -0.15) is 0 Å². The summed E-state index contributed by atoms with van der Waals surface area (Å²) in [6.45, 7) is 4.42. The minimum absolute atomic E-state index is 0.227. The fourth-order valence-electron chi connectivity index (χ4n) is 2.99. The average molecular weight is 413 g/mol. The van der Waals surface area contributed by atoms with Crippen LogP contribution in [0, 0.1) is 13.8 Å². The van der Waals surface area contributed by atoms with Crippen LogP contribution in [0.4, 0.5) is 0 Å². The lowest BCUT2D eigenvalue weighted by molar-refractivity contribution is 0.0950. The van der Waals surface area contributed by atoms with Crippen molar-refractivity contribution >= 4 is 17.2 Å². The highest BCUT2D eigenvalue weighted by Crippen LogP contribution is 2.38. The van der Waals surface area contributed by atoms with Gasteiger partial charge in [0.05, 0.1) is 33.6 Å². The highest BCUT2D eigenvalue weighted by Gasteiger charge is 2.18. The molecule has 1 N–H and O–H groups in total. The molecule has 0 bridgehead atoms. The summed E-state index contributed by atoms with van der Waals surface area (Å²) in [5, 5.41) is 3.91. The summed E-state index contributed by atoms with van der Waals surface area (Å²) in [6.07, 6.45) is 0. The number of hydrogen-bond acceptors (Lipinski definition) is 6. The molecule has 0 aliphatic carbocycles. The monoisotopic (exact) mass is 412 g/mol. The zero-order valence-electron chi connectivity index (χ0n) is 17.2. The zero-order chi connectivity index (χ0) is 21.0. The van der Waals surface area contributed by atoms with Gasteiger partial charge in [-0.25, -0.2) is 4.98 Å². The molecule has 3 rings (SSSR count). The lowest BCUT2D eigenvalue weighted by Gasteiger charge is -2.14. The summed E-state index contributed by atoms with van der Waals surface area (Å²) in [5.74, 6) is 1.10. The Labute approximate surface area is 174 Å². The van der Waals surface area contributed by atoms with E-state index in [1.807, 2.05) is 19.1 Å². The van der Waals surface area contributed by atoms with Crippen molar-refractivity contribution < 1.29 is 19.0 Å². The van der Waals surface area contributed by atoms with Crippen LogP contribution in [0.3, 0.4) is 0 Å². The van der Waals surface area contributed by atoms with Crippen molar-refractivity contribution in [3.8, 4) is 27.8 Å². The van der Waals surface area contributed by atoms with Crippen molar-refractivity contribution in [2.24, 2.45) is 0 Å². The summed E-state index contributed by atoms with van der Waals surface area (Å²) < 4.78 is 15.9. The quantitative estimate of drug-likeness (QED) is 0.624. The van der Waals surface area contributed by atoms with Crippen molar-refractivity contribution in [1.82, 2.24) is 10.3 Å². The standard InChI is InChI=1S/C22H24N2O4S/c1-13-8-6-7-9-16(13)22-24-14(2)19(29-22)12-23-21(25)15-10-17(26-3)20(28-5)18(11-15)27-4/h6-11H,12H2,1-5H3,(H,23,25). The number of methoxy groups -OCH3 is 3. The van der Waals surface area contributed by atoms with Crippen LogP contribution in [0.25, 0.3) is 10.6 Å². The van der Waals surface area contributed by atoms with E-state index in [1.165, 1.54) is 26.9 Å². The smallest absolute Gasteiger partial charge is 0.251 e. The third-order valence-electron chi connectivity index (χ3n) is 4.60. The minimum atomic E-state index is -0.227. The van der Waals surface area contributed by atoms with Crippen LogP contribution in [-0.2, 0) is 6.54 Å². The second kappa shape index (κ2) is 8.96. The summed E-state index contributed by atoms with van der Waals surface area (Å²) in [5.41, 5.74) is 3.64. The fourth-order valence-corrected chi connectivity index (χ4v) is 4.09. The summed E-state index contributed by atoms with van der Waals surface area (Å²) in [6, 6.07) is 11.4. The number of hydrogen-bond donors (Lipinski definition) is 1. The van der Waals surface area contributed by atoms with Crippen LogP contribution < -0.4 is 19.5 Å². The van der Waals surface area contributed by atoms with E-state index in [4.69, 9.17) is 14.2 Å². The topological polar surface area (TPSA) is 69.7 Å². The highest BCUT2D eigenvalue weighted by atomic mass is 32.1. The molecule has 0 unspecified atom stereocenters. The molecule has 0 aliphatic heterocycles. The van der Waals surface area contributed by atoms with Crippen LogP contribution in [-0.4, -0.2) is 32.2 Å². The Kier molecular flexibility index (Phi) is 6.39. The molecule has 29 heavy (non-hydrogen) atoms. The van der Waals surface area contributed by atoms with E-state index in [1.54, 1.807) is 23.5 Å². The first kappa shape index (κ1) is 20.7. The maximum Gasteiger partial charge on any atom is 0.251 e. The number of aromatic nitrogens is 1. The number of thiazole rings is 1. The highest BCUT2D eigenvalue weighted by molar-refractivity contribution is 7.15. The molecule has 2 aromatic carbocycles. The van der Waals surface area contributed by atoms with Gasteiger partial charge in [0.25, 0.3) is 5.91 Å². The number of carbonyl (C=O) groups is 1. The van der Waals surface area contributed by atoms with E-state index in [0.717, 1.165) is 21.1 Å².